The zero-order chi connectivity index (χ0) is 15.7. The summed E-state index contributed by atoms with van der Waals surface area (Å²) in [6.45, 7) is 2.99. The van der Waals surface area contributed by atoms with E-state index in [1.165, 1.54) is 21.1 Å². The number of fused-ring (bicyclic) bond motifs is 1. The Morgan fingerprint density at radius 1 is 1.24 bits per heavy atom. The van der Waals surface area contributed by atoms with E-state index in [-0.39, 0.29) is 5.78 Å². The summed E-state index contributed by atoms with van der Waals surface area (Å²) in [4.78, 5) is 23.1. The molecule has 2 rings (SSSR count). The second kappa shape index (κ2) is 5.47. The second-order valence-electron chi connectivity index (χ2n) is 4.74. The van der Waals surface area contributed by atoms with E-state index in [1.54, 1.807) is 29.8 Å². The van der Waals surface area contributed by atoms with Crippen LogP contribution in [-0.2, 0) is 4.79 Å². The van der Waals surface area contributed by atoms with Crippen LogP contribution in [0.3, 0.4) is 0 Å². The third kappa shape index (κ3) is 2.44. The van der Waals surface area contributed by atoms with Gasteiger partial charge in [0.2, 0.25) is 0 Å². The van der Waals surface area contributed by atoms with Crippen LogP contribution >= 0.6 is 0 Å². The van der Waals surface area contributed by atoms with Crippen LogP contribution < -0.4 is 9.47 Å². The van der Waals surface area contributed by atoms with Crippen molar-refractivity contribution in [2.45, 2.75) is 19.9 Å². The largest absolute Gasteiger partial charge is 0.497 e. The lowest BCUT2D eigenvalue weighted by molar-refractivity contribution is -0.140. The SMILES string of the molecule is COc1cc(OC)c2c(C(C)=O)cn(C(C)C(=O)O)c2c1. The average Bonchev–Trinajstić information content (AvgIpc) is 2.84. The number of hydrogen-bond donors (Lipinski definition) is 1. The number of rotatable bonds is 5. The van der Waals surface area contributed by atoms with E-state index in [1.807, 2.05) is 0 Å². The van der Waals surface area contributed by atoms with Gasteiger partial charge in [-0.3, -0.25) is 4.79 Å². The quantitative estimate of drug-likeness (QED) is 0.856. The number of methoxy groups -OCH3 is 2. The molecular weight excluding hydrogens is 274 g/mol. The topological polar surface area (TPSA) is 77.8 Å². The van der Waals surface area contributed by atoms with Gasteiger partial charge in [0.05, 0.1) is 25.1 Å². The Hall–Kier alpha value is -2.50. The Bertz CT molecular complexity index is 716. The first-order valence-electron chi connectivity index (χ1n) is 6.41. The highest BCUT2D eigenvalue weighted by Crippen LogP contribution is 2.36. The summed E-state index contributed by atoms with van der Waals surface area (Å²) in [6, 6.07) is 2.56. The average molecular weight is 291 g/mol. The highest BCUT2D eigenvalue weighted by molar-refractivity contribution is 6.10. The molecule has 0 saturated carbocycles. The summed E-state index contributed by atoms with van der Waals surface area (Å²) in [5, 5.41) is 9.82. The lowest BCUT2D eigenvalue weighted by Gasteiger charge is -2.12. The number of carboxylic acids is 1. The first-order valence-corrected chi connectivity index (χ1v) is 6.41. The van der Waals surface area contributed by atoms with E-state index in [2.05, 4.69) is 0 Å². The van der Waals surface area contributed by atoms with Gasteiger partial charge in [-0.05, 0) is 13.8 Å². The third-order valence-corrected chi connectivity index (χ3v) is 3.48. The molecule has 1 heterocycles. The van der Waals surface area contributed by atoms with Crippen LogP contribution in [0.2, 0.25) is 0 Å². The minimum Gasteiger partial charge on any atom is -0.497 e. The Labute approximate surface area is 121 Å². The molecule has 1 aromatic carbocycles. The van der Waals surface area contributed by atoms with Crippen LogP contribution in [0, 0.1) is 0 Å². The number of carbonyl (C=O) groups excluding carboxylic acids is 1. The number of benzene rings is 1. The summed E-state index contributed by atoms with van der Waals surface area (Å²) in [7, 11) is 3.01. The van der Waals surface area contributed by atoms with Crippen molar-refractivity contribution in [3.8, 4) is 11.5 Å². The fourth-order valence-electron chi connectivity index (χ4n) is 2.31. The van der Waals surface area contributed by atoms with Gasteiger partial charge in [0.1, 0.15) is 17.5 Å². The van der Waals surface area contributed by atoms with Crippen molar-refractivity contribution >= 4 is 22.7 Å². The lowest BCUT2D eigenvalue weighted by atomic mass is 10.1. The molecule has 0 bridgehead atoms. The van der Waals surface area contributed by atoms with Crippen molar-refractivity contribution in [1.82, 2.24) is 4.57 Å². The van der Waals surface area contributed by atoms with Crippen molar-refractivity contribution in [2.24, 2.45) is 0 Å². The molecule has 112 valence electrons. The van der Waals surface area contributed by atoms with Gasteiger partial charge in [0.25, 0.3) is 0 Å². The Morgan fingerprint density at radius 2 is 1.90 bits per heavy atom. The van der Waals surface area contributed by atoms with Crippen LogP contribution in [0.1, 0.15) is 30.2 Å². The molecule has 6 heteroatoms. The van der Waals surface area contributed by atoms with Gasteiger partial charge < -0.3 is 19.1 Å². The van der Waals surface area contributed by atoms with Crippen LogP contribution in [0.5, 0.6) is 11.5 Å². The lowest BCUT2D eigenvalue weighted by Crippen LogP contribution is -2.14. The van der Waals surface area contributed by atoms with E-state index in [0.717, 1.165) is 0 Å². The maximum absolute atomic E-state index is 11.8. The van der Waals surface area contributed by atoms with Crippen molar-refractivity contribution in [3.05, 3.63) is 23.9 Å². The minimum absolute atomic E-state index is 0.153. The summed E-state index contributed by atoms with van der Waals surface area (Å²) in [5.41, 5.74) is 1.02. The van der Waals surface area contributed by atoms with Crippen LogP contribution in [0.25, 0.3) is 10.9 Å². The van der Waals surface area contributed by atoms with Gasteiger partial charge in [0, 0.05) is 23.9 Å². The van der Waals surface area contributed by atoms with Crippen LogP contribution in [0.15, 0.2) is 18.3 Å². The highest BCUT2D eigenvalue weighted by atomic mass is 16.5. The van der Waals surface area contributed by atoms with Gasteiger partial charge in [-0.15, -0.1) is 0 Å². The molecule has 0 radical (unpaired) electrons. The summed E-state index contributed by atoms with van der Waals surface area (Å²) in [5.74, 6) is -0.124. The third-order valence-electron chi connectivity index (χ3n) is 3.48. The van der Waals surface area contributed by atoms with E-state index >= 15 is 0 Å². The number of aromatic nitrogens is 1. The molecule has 0 aliphatic rings. The van der Waals surface area contributed by atoms with Gasteiger partial charge in [0.15, 0.2) is 5.78 Å². The molecule has 0 spiro atoms. The van der Waals surface area contributed by atoms with Crippen molar-refractivity contribution < 1.29 is 24.2 Å². The molecule has 1 aromatic heterocycles. The minimum atomic E-state index is -0.983. The van der Waals surface area contributed by atoms with Crippen LogP contribution in [0.4, 0.5) is 0 Å². The highest BCUT2D eigenvalue weighted by Gasteiger charge is 2.22. The monoisotopic (exact) mass is 291 g/mol. The van der Waals surface area contributed by atoms with Crippen LogP contribution in [-0.4, -0.2) is 35.6 Å². The summed E-state index contributed by atoms with van der Waals surface area (Å²) in [6.07, 6.45) is 1.55. The standard InChI is InChI=1S/C15H17NO5/c1-8(15(18)19)16-7-11(9(2)17)14-12(16)5-10(20-3)6-13(14)21-4/h5-8H,1-4H3,(H,18,19). The molecular formula is C15H17NO5. The fourth-order valence-corrected chi connectivity index (χ4v) is 2.31. The molecule has 1 N–H and O–H groups in total. The van der Waals surface area contributed by atoms with Crippen molar-refractivity contribution in [2.75, 3.05) is 14.2 Å². The fraction of sp³-hybridized carbons (Fsp3) is 0.333. The normalized spacial score (nSPS) is 12.2. The maximum atomic E-state index is 11.8. The number of ether oxygens (including phenoxy) is 2. The molecule has 0 aliphatic carbocycles. The predicted molar refractivity (Wildman–Crippen MR) is 77.4 cm³/mol. The van der Waals surface area contributed by atoms with Gasteiger partial charge in [-0.1, -0.05) is 0 Å². The van der Waals surface area contributed by atoms with Crippen molar-refractivity contribution in [1.29, 1.82) is 0 Å². The Morgan fingerprint density at radius 3 is 2.38 bits per heavy atom. The van der Waals surface area contributed by atoms with Gasteiger partial charge >= 0.3 is 5.97 Å². The first-order chi connectivity index (χ1) is 9.90. The number of Topliss-reactive ketones (excluding diaryl/α,β-unsaturated/α-hetero) is 1. The molecule has 21 heavy (non-hydrogen) atoms. The number of aliphatic carboxylic acids is 1. The van der Waals surface area contributed by atoms with Gasteiger partial charge in [-0.2, -0.15) is 0 Å². The molecule has 0 aliphatic heterocycles. The molecule has 0 amide bonds. The van der Waals surface area contributed by atoms with E-state index < -0.39 is 12.0 Å². The smallest absolute Gasteiger partial charge is 0.326 e. The zero-order valence-electron chi connectivity index (χ0n) is 12.3. The summed E-state index contributed by atoms with van der Waals surface area (Å²) >= 11 is 0. The van der Waals surface area contributed by atoms with Gasteiger partial charge in [-0.25, -0.2) is 4.79 Å². The molecule has 1 unspecified atom stereocenters. The number of nitrogens with zero attached hydrogens (tertiary/aromatic N) is 1. The van der Waals surface area contributed by atoms with E-state index in [4.69, 9.17) is 9.47 Å². The molecule has 2 aromatic rings. The van der Waals surface area contributed by atoms with E-state index in [0.29, 0.717) is 28.0 Å². The molecule has 0 fully saturated rings. The Balaban J connectivity index is 2.87. The molecule has 0 saturated heterocycles. The Kier molecular flexibility index (Phi) is 3.88. The first kappa shape index (κ1) is 14.9. The number of hydrogen-bond acceptors (Lipinski definition) is 4. The maximum Gasteiger partial charge on any atom is 0.326 e. The predicted octanol–water partition coefficient (Wildman–Crippen LogP) is 2.51. The summed E-state index contributed by atoms with van der Waals surface area (Å²) < 4.78 is 12.1. The second-order valence-corrected chi connectivity index (χ2v) is 4.74. The molecule has 1 atom stereocenters. The number of carboxylic acid groups (broad SMARTS) is 1. The van der Waals surface area contributed by atoms with Crippen molar-refractivity contribution in [3.63, 3.8) is 0 Å². The van der Waals surface area contributed by atoms with E-state index in [9.17, 15) is 14.7 Å². The number of carbonyl (C=O) groups is 2. The zero-order valence-corrected chi connectivity index (χ0v) is 12.3. The number of ketones is 1. The molecule has 6 nitrogen and oxygen atoms in total.